The van der Waals surface area contributed by atoms with Crippen molar-refractivity contribution in [1.82, 2.24) is 15.2 Å². The predicted octanol–water partition coefficient (Wildman–Crippen LogP) is 4.37. The van der Waals surface area contributed by atoms with Crippen molar-refractivity contribution < 1.29 is 4.79 Å². The topological polar surface area (TPSA) is 60.8 Å². The molecule has 0 aromatic carbocycles. The lowest BCUT2D eigenvalue weighted by atomic mass is 9.84. The van der Waals surface area contributed by atoms with Crippen LogP contribution in [-0.2, 0) is 0 Å². The van der Waals surface area contributed by atoms with Gasteiger partial charge in [-0.1, -0.05) is 32.1 Å². The molecule has 30 heavy (non-hydrogen) atoms. The number of hydrogen-bond donors (Lipinski definition) is 1. The van der Waals surface area contributed by atoms with E-state index in [1.165, 1.54) is 44.9 Å². The van der Waals surface area contributed by atoms with Gasteiger partial charge in [-0.25, -0.2) is 4.79 Å². The molecule has 0 radical (unpaired) electrons. The quantitative estimate of drug-likeness (QED) is 0.803. The Bertz CT molecular complexity index is 769. The molecule has 6 nitrogen and oxygen atoms in total. The van der Waals surface area contributed by atoms with Crippen LogP contribution < -0.4 is 10.2 Å². The molecule has 6 heteroatoms. The number of piperidine rings is 1. The lowest BCUT2D eigenvalue weighted by Crippen LogP contribution is -2.61. The maximum Gasteiger partial charge on any atom is 0.328 e. The largest absolute Gasteiger partial charge is 0.328 e. The highest BCUT2D eigenvalue weighted by molar-refractivity contribution is 6.19. The molecule has 2 aliphatic carbocycles. The molecule has 0 bridgehead atoms. The number of nitrogens with zero attached hydrogens (tertiary/aromatic N) is 4. The van der Waals surface area contributed by atoms with E-state index in [4.69, 9.17) is 4.99 Å². The molecular formula is C24H35N5O. The maximum absolute atomic E-state index is 13.2. The summed E-state index contributed by atoms with van der Waals surface area (Å²) >= 11 is 0. The highest BCUT2D eigenvalue weighted by Gasteiger charge is 2.54. The summed E-state index contributed by atoms with van der Waals surface area (Å²) in [7, 11) is 0. The van der Waals surface area contributed by atoms with Crippen molar-refractivity contribution in [3.05, 3.63) is 24.5 Å². The van der Waals surface area contributed by atoms with Gasteiger partial charge in [0.05, 0.1) is 17.9 Å². The molecule has 2 saturated carbocycles. The van der Waals surface area contributed by atoms with Crippen LogP contribution in [0.1, 0.15) is 70.6 Å². The van der Waals surface area contributed by atoms with Crippen LogP contribution in [0.5, 0.6) is 0 Å². The van der Waals surface area contributed by atoms with E-state index >= 15 is 0 Å². The van der Waals surface area contributed by atoms with E-state index in [1.54, 1.807) is 6.20 Å². The third-order valence-corrected chi connectivity index (χ3v) is 7.63. The van der Waals surface area contributed by atoms with Crippen LogP contribution >= 0.6 is 0 Å². The molecule has 2 amide bonds. The zero-order chi connectivity index (χ0) is 20.4. The van der Waals surface area contributed by atoms with Gasteiger partial charge in [0.2, 0.25) is 0 Å². The van der Waals surface area contributed by atoms with Gasteiger partial charge in [0.25, 0.3) is 0 Å². The number of urea groups is 1. The molecule has 1 spiro atoms. The van der Waals surface area contributed by atoms with Crippen molar-refractivity contribution in [2.45, 2.75) is 82.2 Å². The number of carbonyl (C=O) groups is 1. The van der Waals surface area contributed by atoms with Crippen LogP contribution in [0.3, 0.4) is 0 Å². The smallest absolute Gasteiger partial charge is 0.300 e. The fourth-order valence-corrected chi connectivity index (χ4v) is 6.18. The summed E-state index contributed by atoms with van der Waals surface area (Å²) in [5.74, 6) is 1.72. The van der Waals surface area contributed by atoms with Crippen molar-refractivity contribution in [3.8, 4) is 0 Å². The first-order valence-corrected chi connectivity index (χ1v) is 12.1. The highest BCUT2D eigenvalue weighted by Crippen LogP contribution is 2.38. The average Bonchev–Trinajstić information content (AvgIpc) is 3.36. The molecule has 1 aromatic heterocycles. The second-order valence-corrected chi connectivity index (χ2v) is 9.77. The van der Waals surface area contributed by atoms with Gasteiger partial charge in [-0.2, -0.15) is 0 Å². The minimum Gasteiger partial charge on any atom is -0.300 e. The molecule has 1 atom stereocenters. The summed E-state index contributed by atoms with van der Waals surface area (Å²) in [6, 6.07) is 4.25. The zero-order valence-corrected chi connectivity index (χ0v) is 18.1. The Morgan fingerprint density at radius 1 is 1.10 bits per heavy atom. The number of rotatable bonds is 4. The Morgan fingerprint density at radius 3 is 2.67 bits per heavy atom. The lowest BCUT2D eigenvalue weighted by molar-refractivity contribution is 0.145. The highest BCUT2D eigenvalue weighted by atomic mass is 16.2. The number of anilines is 1. The molecule has 2 aliphatic heterocycles. The van der Waals surface area contributed by atoms with Gasteiger partial charge >= 0.3 is 6.03 Å². The summed E-state index contributed by atoms with van der Waals surface area (Å²) in [4.78, 5) is 27.3. The first-order valence-electron chi connectivity index (χ1n) is 12.1. The summed E-state index contributed by atoms with van der Waals surface area (Å²) < 4.78 is 0. The minimum atomic E-state index is -0.379. The SMILES string of the molecule is O=C1NC(=NC2CCCC2)C2(CCCN(CC3CCCCC3)C2)N1c1cccnc1. The molecule has 1 N–H and O–H groups in total. The van der Waals surface area contributed by atoms with E-state index in [1.807, 2.05) is 23.2 Å². The fraction of sp³-hybridized carbons (Fsp3) is 0.708. The Kier molecular flexibility index (Phi) is 5.77. The second kappa shape index (κ2) is 8.66. The molecule has 2 saturated heterocycles. The zero-order valence-electron chi connectivity index (χ0n) is 18.1. The maximum atomic E-state index is 13.2. The van der Waals surface area contributed by atoms with Crippen molar-refractivity contribution in [2.24, 2.45) is 10.9 Å². The summed E-state index contributed by atoms with van der Waals surface area (Å²) in [5.41, 5.74) is 0.501. The van der Waals surface area contributed by atoms with Crippen molar-refractivity contribution in [3.63, 3.8) is 0 Å². The molecule has 3 heterocycles. The first-order chi connectivity index (χ1) is 14.7. The summed E-state index contributed by atoms with van der Waals surface area (Å²) in [6.07, 6.45) is 17.3. The first kappa shape index (κ1) is 20.0. The monoisotopic (exact) mass is 409 g/mol. The predicted molar refractivity (Wildman–Crippen MR) is 120 cm³/mol. The Hall–Kier alpha value is -1.95. The number of hydrogen-bond acceptors (Lipinski definition) is 4. The van der Waals surface area contributed by atoms with E-state index in [9.17, 15) is 4.79 Å². The average molecular weight is 410 g/mol. The normalized spacial score (nSPS) is 30.5. The van der Waals surface area contributed by atoms with Gasteiger partial charge < -0.3 is 4.90 Å². The van der Waals surface area contributed by atoms with Crippen LogP contribution in [0.15, 0.2) is 29.5 Å². The van der Waals surface area contributed by atoms with E-state index < -0.39 is 0 Å². The molecule has 5 rings (SSSR count). The van der Waals surface area contributed by atoms with Gasteiger partial charge in [-0.05, 0) is 63.1 Å². The molecule has 1 aromatic rings. The van der Waals surface area contributed by atoms with E-state index in [-0.39, 0.29) is 11.6 Å². The van der Waals surface area contributed by atoms with Gasteiger partial charge in [0, 0.05) is 19.3 Å². The number of amides is 2. The van der Waals surface area contributed by atoms with E-state index in [0.29, 0.717) is 6.04 Å². The summed E-state index contributed by atoms with van der Waals surface area (Å²) in [5, 5.41) is 3.20. The number of nitrogens with one attached hydrogen (secondary N) is 1. The van der Waals surface area contributed by atoms with Crippen LogP contribution in [0.4, 0.5) is 10.5 Å². The molecule has 4 aliphatic rings. The lowest BCUT2D eigenvalue weighted by Gasteiger charge is -2.45. The fourth-order valence-electron chi connectivity index (χ4n) is 6.18. The number of carbonyl (C=O) groups excluding carboxylic acids is 1. The van der Waals surface area contributed by atoms with Crippen molar-refractivity contribution >= 4 is 17.6 Å². The molecule has 162 valence electrons. The third-order valence-electron chi connectivity index (χ3n) is 7.63. The minimum absolute atomic E-state index is 0.0423. The Labute approximate surface area is 180 Å². The number of aliphatic imine (C=N–C) groups is 1. The van der Waals surface area contributed by atoms with Crippen molar-refractivity contribution in [1.29, 1.82) is 0 Å². The van der Waals surface area contributed by atoms with Crippen LogP contribution in [0.25, 0.3) is 0 Å². The number of amidine groups is 1. The van der Waals surface area contributed by atoms with Crippen LogP contribution in [-0.4, -0.2) is 53.0 Å². The van der Waals surface area contributed by atoms with E-state index in [2.05, 4.69) is 15.2 Å². The Morgan fingerprint density at radius 2 is 1.90 bits per heavy atom. The number of likely N-dealkylation sites (tertiary alicyclic amines) is 1. The van der Waals surface area contributed by atoms with Gasteiger partial charge in [0.15, 0.2) is 0 Å². The third kappa shape index (κ3) is 3.86. The van der Waals surface area contributed by atoms with E-state index in [0.717, 1.165) is 62.8 Å². The second-order valence-electron chi connectivity index (χ2n) is 9.77. The summed E-state index contributed by atoms with van der Waals surface area (Å²) in [6.45, 7) is 3.17. The van der Waals surface area contributed by atoms with Gasteiger partial charge in [0.1, 0.15) is 11.4 Å². The van der Waals surface area contributed by atoms with Crippen LogP contribution in [0.2, 0.25) is 0 Å². The molecule has 4 fully saturated rings. The molecular weight excluding hydrogens is 374 g/mol. The van der Waals surface area contributed by atoms with Crippen LogP contribution in [0, 0.1) is 5.92 Å². The standard InChI is InChI=1S/C24H35N5O/c30-23-27-22(26-20-10-4-5-11-20)24(29(23)21-12-6-14-25-16-21)13-7-15-28(18-24)17-19-8-2-1-3-9-19/h6,12,14,16,19-20H,1-5,7-11,13,15,17-18H2,(H,26,27,30). The van der Waals surface area contributed by atoms with Crippen molar-refractivity contribution in [2.75, 3.05) is 24.5 Å². The number of aromatic nitrogens is 1. The van der Waals surface area contributed by atoms with Gasteiger partial charge in [-0.15, -0.1) is 0 Å². The van der Waals surface area contributed by atoms with Gasteiger partial charge in [-0.3, -0.25) is 20.2 Å². The Balaban J connectivity index is 1.46. The number of pyridine rings is 1. The molecule has 1 unspecified atom stereocenters.